The standard InChI is InChI=1S/C7H15N4O4P/c8-5-2-1-3-11(7(5)14)16(9,15)10-4-6(12)13/h5H,1-4,8H2,(H,12,13)(H3,9,10,15)/t5-,16?/m0/s1. The van der Waals surface area contributed by atoms with Crippen LogP contribution < -0.4 is 16.3 Å². The molecule has 1 unspecified atom stereocenters. The van der Waals surface area contributed by atoms with Crippen LogP contribution in [0.15, 0.2) is 0 Å². The van der Waals surface area contributed by atoms with Crippen LogP contribution in [-0.2, 0) is 14.2 Å². The highest BCUT2D eigenvalue weighted by atomic mass is 31.2. The van der Waals surface area contributed by atoms with E-state index < -0.39 is 32.1 Å². The summed E-state index contributed by atoms with van der Waals surface area (Å²) in [6.45, 7) is -0.334. The van der Waals surface area contributed by atoms with E-state index in [0.29, 0.717) is 12.8 Å². The second-order valence-electron chi connectivity index (χ2n) is 3.56. The Morgan fingerprint density at radius 1 is 1.69 bits per heavy atom. The van der Waals surface area contributed by atoms with Gasteiger partial charge in [-0.3, -0.25) is 24.3 Å². The van der Waals surface area contributed by atoms with Crippen molar-refractivity contribution in [3.63, 3.8) is 0 Å². The minimum absolute atomic E-state index is 0.229. The van der Waals surface area contributed by atoms with Gasteiger partial charge in [0, 0.05) is 6.54 Å². The average molecular weight is 250 g/mol. The number of hydrogen-bond acceptors (Lipinski definition) is 4. The van der Waals surface area contributed by atoms with Crippen molar-refractivity contribution in [2.45, 2.75) is 18.9 Å². The Labute approximate surface area is 92.5 Å². The summed E-state index contributed by atoms with van der Waals surface area (Å²) < 4.78 is 12.8. The summed E-state index contributed by atoms with van der Waals surface area (Å²) in [4.78, 5) is 21.9. The maximum atomic E-state index is 11.9. The molecule has 8 nitrogen and oxygen atoms in total. The zero-order valence-electron chi connectivity index (χ0n) is 8.63. The molecule has 92 valence electrons. The van der Waals surface area contributed by atoms with E-state index in [-0.39, 0.29) is 6.54 Å². The van der Waals surface area contributed by atoms with Gasteiger partial charge in [-0.1, -0.05) is 0 Å². The number of carboxylic acids is 1. The number of carbonyl (C=O) groups is 2. The molecular weight excluding hydrogens is 235 g/mol. The van der Waals surface area contributed by atoms with Gasteiger partial charge in [0.1, 0.15) is 6.54 Å². The number of hydrogen-bond donors (Lipinski definition) is 4. The van der Waals surface area contributed by atoms with Gasteiger partial charge in [-0.2, -0.15) is 0 Å². The fourth-order valence-electron chi connectivity index (χ4n) is 1.45. The molecule has 0 radical (unpaired) electrons. The van der Waals surface area contributed by atoms with Crippen LogP contribution in [0.3, 0.4) is 0 Å². The van der Waals surface area contributed by atoms with E-state index >= 15 is 0 Å². The number of piperidine rings is 1. The summed E-state index contributed by atoms with van der Waals surface area (Å²) >= 11 is 0. The van der Waals surface area contributed by atoms with Crippen molar-refractivity contribution in [2.24, 2.45) is 11.2 Å². The molecule has 0 aromatic carbocycles. The summed E-state index contributed by atoms with van der Waals surface area (Å²) in [5.41, 5.74) is 10.9. The first kappa shape index (κ1) is 13.1. The normalized spacial score (nSPS) is 25.2. The van der Waals surface area contributed by atoms with Crippen molar-refractivity contribution in [1.29, 1.82) is 0 Å². The van der Waals surface area contributed by atoms with E-state index in [1.54, 1.807) is 0 Å². The SMILES string of the molecule is N[C@H]1CCCN(P(N)(=O)NCC(=O)O)C1=O. The largest absolute Gasteiger partial charge is 0.480 e. The van der Waals surface area contributed by atoms with Crippen molar-refractivity contribution in [2.75, 3.05) is 13.1 Å². The van der Waals surface area contributed by atoms with Gasteiger partial charge >= 0.3 is 13.6 Å². The van der Waals surface area contributed by atoms with Gasteiger partial charge < -0.3 is 10.8 Å². The first-order valence-corrected chi connectivity index (χ1v) is 6.50. The molecule has 2 atom stereocenters. The summed E-state index contributed by atoms with van der Waals surface area (Å²) in [5.74, 6) is -1.70. The summed E-state index contributed by atoms with van der Waals surface area (Å²) in [6.07, 6.45) is 1.12. The Morgan fingerprint density at radius 2 is 2.31 bits per heavy atom. The van der Waals surface area contributed by atoms with E-state index in [4.69, 9.17) is 16.3 Å². The van der Waals surface area contributed by atoms with Crippen molar-refractivity contribution in [1.82, 2.24) is 9.76 Å². The monoisotopic (exact) mass is 250 g/mol. The molecule has 1 amide bonds. The Balaban J connectivity index is 2.70. The minimum atomic E-state index is -3.64. The van der Waals surface area contributed by atoms with Crippen molar-refractivity contribution < 1.29 is 19.3 Å². The van der Waals surface area contributed by atoms with E-state index in [1.807, 2.05) is 0 Å². The van der Waals surface area contributed by atoms with Crippen LogP contribution in [-0.4, -0.2) is 40.8 Å². The summed E-state index contributed by atoms with van der Waals surface area (Å²) in [5, 5.41) is 10.6. The molecule has 16 heavy (non-hydrogen) atoms. The topological polar surface area (TPSA) is 139 Å². The predicted molar refractivity (Wildman–Crippen MR) is 56.4 cm³/mol. The lowest BCUT2D eigenvalue weighted by Gasteiger charge is -2.34. The molecule has 0 aromatic heterocycles. The summed E-state index contributed by atoms with van der Waals surface area (Å²) in [7, 11) is -3.64. The molecule has 0 aromatic rings. The van der Waals surface area contributed by atoms with Crippen LogP contribution in [0.2, 0.25) is 0 Å². The molecule has 1 heterocycles. The third-order valence-corrected chi connectivity index (χ3v) is 4.00. The average Bonchev–Trinajstić information content (AvgIpc) is 2.19. The lowest BCUT2D eigenvalue weighted by molar-refractivity contribution is -0.136. The van der Waals surface area contributed by atoms with Gasteiger partial charge in [-0.05, 0) is 12.8 Å². The molecule has 0 aliphatic carbocycles. The first-order valence-electron chi connectivity index (χ1n) is 4.77. The minimum Gasteiger partial charge on any atom is -0.480 e. The van der Waals surface area contributed by atoms with Gasteiger partial charge in [0.2, 0.25) is 5.91 Å². The van der Waals surface area contributed by atoms with Crippen molar-refractivity contribution >= 4 is 19.5 Å². The molecule has 1 rings (SSSR count). The van der Waals surface area contributed by atoms with Gasteiger partial charge in [0.05, 0.1) is 6.04 Å². The zero-order chi connectivity index (χ0) is 12.3. The molecule has 9 heteroatoms. The Bertz CT molecular complexity index is 347. The maximum Gasteiger partial charge on any atom is 0.317 e. The van der Waals surface area contributed by atoms with Crippen LogP contribution in [0.5, 0.6) is 0 Å². The van der Waals surface area contributed by atoms with E-state index in [9.17, 15) is 14.2 Å². The number of carbonyl (C=O) groups excluding carboxylic acids is 1. The van der Waals surface area contributed by atoms with E-state index in [1.165, 1.54) is 0 Å². The molecule has 1 aliphatic rings. The lowest BCUT2D eigenvalue weighted by Crippen LogP contribution is -2.50. The highest BCUT2D eigenvalue weighted by Crippen LogP contribution is 2.38. The number of nitrogens with two attached hydrogens (primary N) is 2. The highest BCUT2D eigenvalue weighted by molar-refractivity contribution is 7.57. The molecule has 0 bridgehead atoms. The molecular formula is C7H15N4O4P. The van der Waals surface area contributed by atoms with Gasteiger partial charge in [-0.15, -0.1) is 0 Å². The third kappa shape index (κ3) is 3.02. The number of nitrogens with one attached hydrogen (secondary N) is 1. The smallest absolute Gasteiger partial charge is 0.317 e. The van der Waals surface area contributed by atoms with E-state index in [2.05, 4.69) is 5.09 Å². The fraction of sp³-hybridized carbons (Fsp3) is 0.714. The van der Waals surface area contributed by atoms with Gasteiger partial charge in [-0.25, -0.2) is 5.09 Å². The molecule has 1 saturated heterocycles. The first-order chi connectivity index (χ1) is 7.34. The molecule has 6 N–H and O–H groups in total. The molecule has 1 fully saturated rings. The van der Waals surface area contributed by atoms with Crippen LogP contribution in [0.4, 0.5) is 0 Å². The van der Waals surface area contributed by atoms with Gasteiger partial charge in [0.15, 0.2) is 0 Å². The van der Waals surface area contributed by atoms with Crippen LogP contribution in [0.25, 0.3) is 0 Å². The summed E-state index contributed by atoms with van der Waals surface area (Å²) in [6, 6.07) is -0.711. The predicted octanol–water partition coefficient (Wildman–Crippen LogP) is -1.32. The second-order valence-corrected chi connectivity index (χ2v) is 5.61. The maximum absolute atomic E-state index is 11.9. The van der Waals surface area contributed by atoms with Crippen LogP contribution in [0.1, 0.15) is 12.8 Å². The Kier molecular flexibility index (Phi) is 4.03. The third-order valence-electron chi connectivity index (χ3n) is 2.27. The number of aliphatic carboxylic acids is 1. The second kappa shape index (κ2) is 4.92. The van der Waals surface area contributed by atoms with Crippen LogP contribution >= 0.6 is 7.59 Å². The Morgan fingerprint density at radius 3 is 2.88 bits per heavy atom. The molecule has 1 aliphatic heterocycles. The van der Waals surface area contributed by atoms with E-state index in [0.717, 1.165) is 4.67 Å². The molecule has 0 spiro atoms. The van der Waals surface area contributed by atoms with Crippen molar-refractivity contribution in [3.05, 3.63) is 0 Å². The fourth-order valence-corrected chi connectivity index (χ4v) is 2.86. The Hall–Kier alpha value is -0.950. The number of rotatable bonds is 4. The zero-order valence-corrected chi connectivity index (χ0v) is 9.52. The number of carboxylic acid groups (broad SMARTS) is 1. The van der Waals surface area contributed by atoms with Crippen LogP contribution in [0, 0.1) is 0 Å². The quantitative estimate of drug-likeness (QED) is 0.453. The molecule has 0 saturated carbocycles. The number of nitrogens with zero attached hydrogens (tertiary/aromatic N) is 1. The van der Waals surface area contributed by atoms with Crippen molar-refractivity contribution in [3.8, 4) is 0 Å². The number of amides is 1. The lowest BCUT2D eigenvalue weighted by atomic mass is 10.1. The van der Waals surface area contributed by atoms with Gasteiger partial charge in [0.25, 0.3) is 0 Å². The highest BCUT2D eigenvalue weighted by Gasteiger charge is 2.36.